The van der Waals surface area contributed by atoms with Crippen molar-refractivity contribution < 1.29 is 4.74 Å². The van der Waals surface area contributed by atoms with Gasteiger partial charge in [0.05, 0.1) is 18.0 Å². The van der Waals surface area contributed by atoms with E-state index in [0.717, 1.165) is 55.6 Å². The molecule has 0 saturated heterocycles. The maximum atomic E-state index is 5.12. The third-order valence-electron chi connectivity index (χ3n) is 6.21. The largest absolute Gasteiger partial charge is 0.383 e. The molecular formula is C22H33N7O. The molecule has 2 fully saturated rings. The van der Waals surface area contributed by atoms with E-state index < -0.39 is 0 Å². The maximum Gasteiger partial charge on any atom is 0.130 e. The van der Waals surface area contributed by atoms with Crippen LogP contribution in [0.3, 0.4) is 0 Å². The highest BCUT2D eigenvalue weighted by Gasteiger charge is 2.36. The maximum absolute atomic E-state index is 5.12. The first kappa shape index (κ1) is 20.9. The molecular weight excluding hydrogens is 378 g/mol. The molecule has 2 aromatic rings. The fourth-order valence-electron chi connectivity index (χ4n) is 3.88. The number of nitrogens with one attached hydrogen (secondary N) is 3. The fraction of sp³-hybridized carbons (Fsp3) is 0.636. The lowest BCUT2D eigenvalue weighted by Gasteiger charge is -2.30. The number of methoxy groups -OCH3 is 1. The SMILES string of the molecule is COCCNC1CCC(Nc2cc(-c3cc(NCC4(C)CC4)ncn3)ncn2)CC1. The normalized spacial score (nSPS) is 22.5. The van der Waals surface area contributed by atoms with Gasteiger partial charge in [0.15, 0.2) is 0 Å². The van der Waals surface area contributed by atoms with Crippen LogP contribution in [0.2, 0.25) is 0 Å². The smallest absolute Gasteiger partial charge is 0.130 e. The molecule has 30 heavy (non-hydrogen) atoms. The van der Waals surface area contributed by atoms with E-state index in [4.69, 9.17) is 4.74 Å². The molecule has 8 nitrogen and oxygen atoms in total. The average Bonchev–Trinajstić information content (AvgIpc) is 3.52. The van der Waals surface area contributed by atoms with Crippen molar-refractivity contribution in [3.8, 4) is 11.4 Å². The Hall–Kier alpha value is -2.32. The Bertz CT molecular complexity index is 819. The van der Waals surface area contributed by atoms with E-state index in [1.54, 1.807) is 19.8 Å². The molecule has 162 valence electrons. The van der Waals surface area contributed by atoms with Crippen LogP contribution in [0, 0.1) is 5.41 Å². The summed E-state index contributed by atoms with van der Waals surface area (Å²) in [4.78, 5) is 17.6. The van der Waals surface area contributed by atoms with Gasteiger partial charge >= 0.3 is 0 Å². The van der Waals surface area contributed by atoms with E-state index in [-0.39, 0.29) is 0 Å². The van der Waals surface area contributed by atoms with Gasteiger partial charge in [-0.25, -0.2) is 19.9 Å². The van der Waals surface area contributed by atoms with Crippen LogP contribution in [0.5, 0.6) is 0 Å². The number of nitrogens with zero attached hydrogens (tertiary/aromatic N) is 4. The Morgan fingerprint density at radius 3 is 2.23 bits per heavy atom. The Kier molecular flexibility index (Phi) is 6.74. The van der Waals surface area contributed by atoms with Crippen LogP contribution in [0.25, 0.3) is 11.4 Å². The summed E-state index contributed by atoms with van der Waals surface area (Å²) in [5.74, 6) is 1.70. The molecule has 0 radical (unpaired) electrons. The third kappa shape index (κ3) is 5.86. The van der Waals surface area contributed by atoms with Gasteiger partial charge in [-0.2, -0.15) is 0 Å². The van der Waals surface area contributed by atoms with Gasteiger partial charge in [0.1, 0.15) is 24.3 Å². The number of aromatic nitrogens is 4. The molecule has 4 rings (SSSR count). The Labute approximate surface area is 178 Å². The Morgan fingerprint density at radius 2 is 1.57 bits per heavy atom. The Morgan fingerprint density at radius 1 is 0.933 bits per heavy atom. The van der Waals surface area contributed by atoms with E-state index in [2.05, 4.69) is 42.8 Å². The van der Waals surface area contributed by atoms with Crippen LogP contribution in [-0.2, 0) is 4.74 Å². The van der Waals surface area contributed by atoms with Gasteiger partial charge in [-0.05, 0) is 43.9 Å². The van der Waals surface area contributed by atoms with Crippen LogP contribution in [0.1, 0.15) is 45.4 Å². The summed E-state index contributed by atoms with van der Waals surface area (Å²) in [7, 11) is 1.74. The van der Waals surface area contributed by atoms with Gasteiger partial charge in [-0.3, -0.25) is 0 Å². The molecule has 2 aliphatic carbocycles. The molecule has 0 atom stereocenters. The predicted octanol–water partition coefficient (Wildman–Crippen LogP) is 3.10. The molecule has 0 unspecified atom stereocenters. The van der Waals surface area contributed by atoms with Crippen LogP contribution >= 0.6 is 0 Å². The average molecular weight is 412 g/mol. The number of ether oxygens (including phenoxy) is 1. The van der Waals surface area contributed by atoms with E-state index in [1.165, 1.54) is 25.7 Å². The van der Waals surface area contributed by atoms with E-state index in [1.807, 2.05) is 12.1 Å². The van der Waals surface area contributed by atoms with Gasteiger partial charge in [-0.15, -0.1) is 0 Å². The second-order valence-electron chi connectivity index (χ2n) is 8.88. The minimum atomic E-state index is 0.426. The third-order valence-corrected chi connectivity index (χ3v) is 6.21. The van der Waals surface area contributed by atoms with Crippen LogP contribution in [0.15, 0.2) is 24.8 Å². The number of anilines is 2. The van der Waals surface area contributed by atoms with Crippen molar-refractivity contribution in [2.75, 3.05) is 37.4 Å². The van der Waals surface area contributed by atoms with Gasteiger partial charge in [0.2, 0.25) is 0 Å². The zero-order chi connectivity index (χ0) is 20.8. The molecule has 2 aliphatic rings. The lowest BCUT2D eigenvalue weighted by Crippen LogP contribution is -2.38. The molecule has 0 aliphatic heterocycles. The molecule has 8 heteroatoms. The predicted molar refractivity (Wildman–Crippen MR) is 118 cm³/mol. The number of hydrogen-bond acceptors (Lipinski definition) is 8. The lowest BCUT2D eigenvalue weighted by atomic mass is 9.91. The minimum absolute atomic E-state index is 0.426. The van der Waals surface area contributed by atoms with Crippen molar-refractivity contribution >= 4 is 11.6 Å². The molecule has 2 saturated carbocycles. The van der Waals surface area contributed by atoms with Crippen LogP contribution < -0.4 is 16.0 Å². The standard InChI is InChI=1S/C22H33N7O/c1-22(7-8-22)13-24-20-11-18(25-14-27-20)19-12-21(28-15-26-19)29-17-5-3-16(4-6-17)23-9-10-30-2/h11-12,14-17,23H,3-10,13H2,1-2H3,(H,24,25,27)(H,26,28,29). The van der Waals surface area contributed by atoms with Crippen molar-refractivity contribution in [1.29, 1.82) is 0 Å². The summed E-state index contributed by atoms with van der Waals surface area (Å²) in [6.07, 6.45) is 10.4. The van der Waals surface area contributed by atoms with Gasteiger partial charge < -0.3 is 20.7 Å². The topological polar surface area (TPSA) is 96.9 Å². The van der Waals surface area contributed by atoms with Crippen molar-refractivity contribution in [3.05, 3.63) is 24.8 Å². The number of hydrogen-bond donors (Lipinski definition) is 3. The summed E-state index contributed by atoms with van der Waals surface area (Å²) in [5, 5.41) is 10.6. The second-order valence-corrected chi connectivity index (χ2v) is 8.88. The molecule has 0 bridgehead atoms. The minimum Gasteiger partial charge on any atom is -0.383 e. The van der Waals surface area contributed by atoms with Crippen LogP contribution in [0.4, 0.5) is 11.6 Å². The lowest BCUT2D eigenvalue weighted by molar-refractivity contribution is 0.191. The quantitative estimate of drug-likeness (QED) is 0.513. The van der Waals surface area contributed by atoms with Crippen LogP contribution in [-0.4, -0.2) is 58.8 Å². The summed E-state index contributed by atoms with van der Waals surface area (Å²) >= 11 is 0. The fourth-order valence-corrected chi connectivity index (χ4v) is 3.88. The summed E-state index contributed by atoms with van der Waals surface area (Å²) in [6.45, 7) is 4.93. The molecule has 0 amide bonds. The molecule has 2 aromatic heterocycles. The first-order valence-electron chi connectivity index (χ1n) is 11.0. The summed E-state index contributed by atoms with van der Waals surface area (Å²) in [5.41, 5.74) is 2.05. The van der Waals surface area contributed by atoms with Crippen molar-refractivity contribution in [1.82, 2.24) is 25.3 Å². The van der Waals surface area contributed by atoms with E-state index in [9.17, 15) is 0 Å². The zero-order valence-corrected chi connectivity index (χ0v) is 18.0. The van der Waals surface area contributed by atoms with E-state index >= 15 is 0 Å². The second kappa shape index (κ2) is 9.66. The molecule has 0 spiro atoms. The first-order chi connectivity index (χ1) is 14.6. The first-order valence-corrected chi connectivity index (χ1v) is 11.0. The highest BCUT2D eigenvalue weighted by atomic mass is 16.5. The molecule has 0 aromatic carbocycles. The summed E-state index contributed by atoms with van der Waals surface area (Å²) in [6, 6.07) is 4.98. The monoisotopic (exact) mass is 411 g/mol. The van der Waals surface area contributed by atoms with Crippen molar-refractivity contribution in [3.63, 3.8) is 0 Å². The summed E-state index contributed by atoms with van der Waals surface area (Å²) < 4.78 is 5.12. The molecule has 3 N–H and O–H groups in total. The van der Waals surface area contributed by atoms with Gasteiger partial charge in [-0.1, -0.05) is 6.92 Å². The highest BCUT2D eigenvalue weighted by Crippen LogP contribution is 2.44. The zero-order valence-electron chi connectivity index (χ0n) is 18.0. The highest BCUT2D eigenvalue weighted by molar-refractivity contribution is 5.61. The van der Waals surface area contributed by atoms with Gasteiger partial charge in [0.25, 0.3) is 0 Å². The number of rotatable bonds is 10. The Balaban J connectivity index is 1.32. The van der Waals surface area contributed by atoms with Crippen molar-refractivity contribution in [2.24, 2.45) is 5.41 Å². The van der Waals surface area contributed by atoms with E-state index in [0.29, 0.717) is 17.5 Å². The molecule has 2 heterocycles. The van der Waals surface area contributed by atoms with Crippen molar-refractivity contribution in [2.45, 2.75) is 57.5 Å². The van der Waals surface area contributed by atoms with Gasteiger partial charge in [0, 0.05) is 44.4 Å².